The number of nitrogens with one attached hydrogen (secondary N) is 1. The standard InChI is InChI=1S/C15H16N2O4S/c1-9-12(6-7-18)13(19)17-15(16-9)22-8-10-2-4-11(5-3-10)14(20)21/h2-5,18H,6-8H2,1H3,(H,20,21)(H,16,17,19). The summed E-state index contributed by atoms with van der Waals surface area (Å²) in [7, 11) is 0. The average molecular weight is 320 g/mol. The van der Waals surface area contributed by atoms with Gasteiger partial charge in [-0.15, -0.1) is 0 Å². The first-order valence-corrected chi connectivity index (χ1v) is 7.65. The zero-order valence-corrected chi connectivity index (χ0v) is 12.8. The Morgan fingerprint density at radius 2 is 2.00 bits per heavy atom. The van der Waals surface area contributed by atoms with Crippen molar-refractivity contribution in [2.24, 2.45) is 0 Å². The van der Waals surface area contributed by atoms with Crippen LogP contribution in [0.2, 0.25) is 0 Å². The molecule has 0 fully saturated rings. The van der Waals surface area contributed by atoms with Gasteiger partial charge >= 0.3 is 5.97 Å². The summed E-state index contributed by atoms with van der Waals surface area (Å²) in [6, 6.07) is 6.57. The minimum absolute atomic E-state index is 0.0893. The van der Waals surface area contributed by atoms with Crippen LogP contribution in [0.4, 0.5) is 0 Å². The molecule has 0 saturated carbocycles. The van der Waals surface area contributed by atoms with Gasteiger partial charge in [-0.2, -0.15) is 0 Å². The minimum atomic E-state index is -0.958. The number of aryl methyl sites for hydroxylation is 1. The van der Waals surface area contributed by atoms with Crippen LogP contribution in [-0.4, -0.2) is 32.8 Å². The van der Waals surface area contributed by atoms with E-state index in [1.54, 1.807) is 31.2 Å². The summed E-state index contributed by atoms with van der Waals surface area (Å²) in [5.74, 6) is -0.387. The molecule has 0 unspecified atom stereocenters. The molecule has 2 aromatic rings. The van der Waals surface area contributed by atoms with Crippen LogP contribution in [0.1, 0.15) is 27.2 Å². The first-order valence-electron chi connectivity index (χ1n) is 6.67. The van der Waals surface area contributed by atoms with Gasteiger partial charge in [0.25, 0.3) is 5.56 Å². The highest BCUT2D eigenvalue weighted by Gasteiger charge is 2.08. The van der Waals surface area contributed by atoms with Crippen molar-refractivity contribution in [2.75, 3.05) is 6.61 Å². The largest absolute Gasteiger partial charge is 0.478 e. The summed E-state index contributed by atoms with van der Waals surface area (Å²) in [5, 5.41) is 18.3. The van der Waals surface area contributed by atoms with Gasteiger partial charge in [0.2, 0.25) is 0 Å². The summed E-state index contributed by atoms with van der Waals surface area (Å²) in [6.07, 6.45) is 0.287. The Hall–Kier alpha value is -2.12. The Bertz CT molecular complexity index is 725. The molecule has 0 spiro atoms. The van der Waals surface area contributed by atoms with Gasteiger partial charge < -0.3 is 15.2 Å². The average Bonchev–Trinajstić information content (AvgIpc) is 2.49. The molecule has 22 heavy (non-hydrogen) atoms. The van der Waals surface area contributed by atoms with E-state index in [9.17, 15) is 9.59 Å². The lowest BCUT2D eigenvalue weighted by Crippen LogP contribution is -2.18. The zero-order valence-electron chi connectivity index (χ0n) is 12.0. The quantitative estimate of drug-likeness (QED) is 0.552. The van der Waals surface area contributed by atoms with E-state index >= 15 is 0 Å². The van der Waals surface area contributed by atoms with Gasteiger partial charge in [0.15, 0.2) is 5.16 Å². The number of carboxylic acids is 1. The Labute approximate surface area is 131 Å². The molecule has 0 bridgehead atoms. The molecule has 0 aliphatic carbocycles. The lowest BCUT2D eigenvalue weighted by atomic mass is 10.1. The van der Waals surface area contributed by atoms with Gasteiger partial charge in [-0.1, -0.05) is 23.9 Å². The molecule has 1 heterocycles. The molecule has 0 aliphatic rings. The van der Waals surface area contributed by atoms with Crippen molar-refractivity contribution in [3.8, 4) is 0 Å². The van der Waals surface area contributed by atoms with E-state index in [2.05, 4.69) is 9.97 Å². The van der Waals surface area contributed by atoms with E-state index in [1.165, 1.54) is 11.8 Å². The van der Waals surface area contributed by atoms with E-state index in [1.807, 2.05) is 0 Å². The fraction of sp³-hybridized carbons (Fsp3) is 0.267. The van der Waals surface area contributed by atoms with Gasteiger partial charge in [0.05, 0.1) is 5.56 Å². The van der Waals surface area contributed by atoms with E-state index in [-0.39, 0.29) is 24.2 Å². The van der Waals surface area contributed by atoms with Crippen LogP contribution in [0.3, 0.4) is 0 Å². The number of aromatic nitrogens is 2. The third-order valence-corrected chi connectivity index (χ3v) is 4.08. The Balaban J connectivity index is 2.08. The fourth-order valence-electron chi connectivity index (χ4n) is 1.95. The summed E-state index contributed by atoms with van der Waals surface area (Å²) < 4.78 is 0. The van der Waals surface area contributed by atoms with Gasteiger partial charge in [-0.05, 0) is 24.6 Å². The van der Waals surface area contributed by atoms with Crippen LogP contribution < -0.4 is 5.56 Å². The number of aromatic carboxylic acids is 1. The number of carbonyl (C=O) groups is 1. The molecule has 116 valence electrons. The molecule has 1 aromatic heterocycles. The van der Waals surface area contributed by atoms with Crippen LogP contribution in [0.5, 0.6) is 0 Å². The predicted molar refractivity (Wildman–Crippen MR) is 83.3 cm³/mol. The summed E-state index contributed by atoms with van der Waals surface area (Å²) in [6.45, 7) is 1.65. The third kappa shape index (κ3) is 3.96. The molecule has 6 nitrogen and oxygen atoms in total. The number of thioether (sulfide) groups is 1. The van der Waals surface area contributed by atoms with E-state index in [0.717, 1.165) is 5.56 Å². The molecule has 0 amide bonds. The third-order valence-electron chi connectivity index (χ3n) is 3.14. The molecule has 0 aliphatic heterocycles. The highest BCUT2D eigenvalue weighted by atomic mass is 32.2. The maximum atomic E-state index is 11.9. The summed E-state index contributed by atoms with van der Waals surface area (Å²) in [4.78, 5) is 29.7. The highest BCUT2D eigenvalue weighted by Crippen LogP contribution is 2.19. The number of aromatic amines is 1. The lowest BCUT2D eigenvalue weighted by Gasteiger charge is -2.06. The Kier molecular flexibility index (Phi) is 5.35. The van der Waals surface area contributed by atoms with E-state index in [4.69, 9.17) is 10.2 Å². The van der Waals surface area contributed by atoms with E-state index < -0.39 is 5.97 Å². The molecule has 7 heteroatoms. The number of rotatable bonds is 6. The van der Waals surface area contributed by atoms with Crippen LogP contribution in [0, 0.1) is 6.92 Å². The predicted octanol–water partition coefficient (Wildman–Crippen LogP) is 1.60. The second-order valence-corrected chi connectivity index (χ2v) is 5.66. The minimum Gasteiger partial charge on any atom is -0.478 e. The number of nitrogens with zero attached hydrogens (tertiary/aromatic N) is 1. The van der Waals surface area contributed by atoms with Crippen LogP contribution >= 0.6 is 11.8 Å². The second-order valence-electron chi connectivity index (χ2n) is 4.70. The Morgan fingerprint density at radius 1 is 1.32 bits per heavy atom. The van der Waals surface area contributed by atoms with Crippen molar-refractivity contribution in [3.05, 3.63) is 57.0 Å². The molecule has 2 rings (SSSR count). The van der Waals surface area contributed by atoms with Gasteiger partial charge in [0, 0.05) is 30.0 Å². The highest BCUT2D eigenvalue weighted by molar-refractivity contribution is 7.98. The van der Waals surface area contributed by atoms with Crippen molar-refractivity contribution in [1.82, 2.24) is 9.97 Å². The molecule has 0 atom stereocenters. The second kappa shape index (κ2) is 7.24. The van der Waals surface area contributed by atoms with Gasteiger partial charge in [-0.25, -0.2) is 9.78 Å². The number of benzene rings is 1. The molecule has 0 radical (unpaired) electrons. The maximum Gasteiger partial charge on any atom is 0.335 e. The van der Waals surface area contributed by atoms with Crippen molar-refractivity contribution in [2.45, 2.75) is 24.3 Å². The lowest BCUT2D eigenvalue weighted by molar-refractivity contribution is 0.0697. The SMILES string of the molecule is Cc1nc(SCc2ccc(C(=O)O)cc2)[nH]c(=O)c1CCO. The van der Waals surface area contributed by atoms with Crippen molar-refractivity contribution in [1.29, 1.82) is 0 Å². The zero-order chi connectivity index (χ0) is 16.1. The topological polar surface area (TPSA) is 103 Å². The number of aliphatic hydroxyl groups is 1. The van der Waals surface area contributed by atoms with E-state index in [0.29, 0.717) is 22.2 Å². The maximum absolute atomic E-state index is 11.9. The smallest absolute Gasteiger partial charge is 0.335 e. The molecular weight excluding hydrogens is 304 g/mol. The van der Waals surface area contributed by atoms with Crippen LogP contribution in [0.15, 0.2) is 34.2 Å². The number of aliphatic hydroxyl groups excluding tert-OH is 1. The first kappa shape index (κ1) is 16.3. The molecular formula is C15H16N2O4S. The van der Waals surface area contributed by atoms with Crippen molar-refractivity contribution in [3.63, 3.8) is 0 Å². The Morgan fingerprint density at radius 3 is 2.55 bits per heavy atom. The van der Waals surface area contributed by atoms with Gasteiger partial charge in [0.1, 0.15) is 0 Å². The summed E-state index contributed by atoms with van der Waals surface area (Å²) >= 11 is 1.37. The number of H-pyrrole nitrogens is 1. The van der Waals surface area contributed by atoms with Crippen LogP contribution in [0.25, 0.3) is 0 Å². The molecule has 3 N–H and O–H groups in total. The van der Waals surface area contributed by atoms with Crippen molar-refractivity contribution < 1.29 is 15.0 Å². The first-order chi connectivity index (χ1) is 10.5. The number of carboxylic acid groups (broad SMARTS) is 1. The number of hydrogen-bond donors (Lipinski definition) is 3. The fourth-order valence-corrected chi connectivity index (χ4v) is 2.82. The number of hydrogen-bond acceptors (Lipinski definition) is 5. The van der Waals surface area contributed by atoms with Crippen LogP contribution in [-0.2, 0) is 12.2 Å². The monoisotopic (exact) mass is 320 g/mol. The van der Waals surface area contributed by atoms with Crippen molar-refractivity contribution >= 4 is 17.7 Å². The molecule has 0 saturated heterocycles. The summed E-state index contributed by atoms with van der Waals surface area (Å²) in [5.41, 5.74) is 2.06. The normalized spacial score (nSPS) is 10.6. The molecule has 1 aromatic carbocycles. The van der Waals surface area contributed by atoms with Gasteiger partial charge in [-0.3, -0.25) is 4.79 Å².